The molecule has 2 aromatic rings. The number of aromatic nitrogens is 2. The Morgan fingerprint density at radius 3 is 2.88 bits per heavy atom. The SMILES string of the molecule is Cc1ccc2c3c1O[C@H]1C(OC(=O)[C@H](Cc4c[nH]cn4)NC(=O)CCNC(=O)[C@H](C)O)=CC[C@@]4(O)[C@@H](C2)N(C)CC[C@]314. The first-order valence-electron chi connectivity index (χ1n) is 14.4. The molecule has 6 atom stereocenters. The molecule has 0 unspecified atom stereocenters. The first-order valence-corrected chi connectivity index (χ1v) is 14.4. The van der Waals surface area contributed by atoms with Crippen molar-refractivity contribution in [1.29, 1.82) is 0 Å². The average molecular weight is 580 g/mol. The minimum Gasteiger partial charge on any atom is -0.481 e. The number of piperidine rings is 1. The number of aliphatic hydroxyl groups is 2. The summed E-state index contributed by atoms with van der Waals surface area (Å²) in [4.78, 5) is 47.3. The lowest BCUT2D eigenvalue weighted by molar-refractivity contribution is -0.170. The van der Waals surface area contributed by atoms with E-state index < -0.39 is 47.0 Å². The van der Waals surface area contributed by atoms with E-state index in [1.54, 1.807) is 12.3 Å². The highest BCUT2D eigenvalue weighted by molar-refractivity contribution is 5.86. The first kappa shape index (κ1) is 28.4. The first-order chi connectivity index (χ1) is 20.0. The molecule has 12 heteroatoms. The average Bonchev–Trinajstić information content (AvgIpc) is 3.59. The van der Waals surface area contributed by atoms with Crippen LogP contribution in [-0.4, -0.2) is 92.9 Å². The van der Waals surface area contributed by atoms with E-state index in [0.29, 0.717) is 30.7 Å². The van der Waals surface area contributed by atoms with Gasteiger partial charge >= 0.3 is 5.97 Å². The molecule has 1 aromatic carbocycles. The summed E-state index contributed by atoms with van der Waals surface area (Å²) in [6.07, 6.45) is 4.64. The normalized spacial score (nSPS) is 28.5. The number of carbonyl (C=O) groups excluding carboxylic acids is 3. The number of likely N-dealkylation sites (tertiary alicyclic amines) is 1. The van der Waals surface area contributed by atoms with Gasteiger partial charge in [0.2, 0.25) is 11.8 Å². The van der Waals surface area contributed by atoms with Gasteiger partial charge in [-0.1, -0.05) is 12.1 Å². The number of aromatic amines is 1. The molecule has 1 saturated heterocycles. The number of likely N-dealkylation sites (N-methyl/N-ethyl adjacent to an activating group) is 1. The minimum absolute atomic E-state index is 0.00252. The molecule has 4 aliphatic rings. The maximum absolute atomic E-state index is 13.7. The third-order valence-corrected chi connectivity index (χ3v) is 9.41. The number of nitrogens with one attached hydrogen (secondary N) is 3. The standard InChI is InChI=1S/C30H37N5O7/c1-16-4-5-18-12-22-30(40)8-6-21(26-29(30,9-11-35(22)3)24(18)25(16)42-26)41-28(39)20(13-19-14-31-15-33-19)34-23(37)7-10-32-27(38)17(2)36/h4-6,14-15,17,20,22,26,36,40H,7-13H2,1-3H3,(H,31,33)(H,32,38)(H,34,37)/t17-,20-,22+,26-,29-,30+/m0/s1. The van der Waals surface area contributed by atoms with Crippen molar-refractivity contribution >= 4 is 17.8 Å². The second kappa shape index (κ2) is 10.5. The maximum Gasteiger partial charge on any atom is 0.334 e. The van der Waals surface area contributed by atoms with Crippen LogP contribution in [-0.2, 0) is 37.4 Å². The Balaban J connectivity index is 1.25. The van der Waals surface area contributed by atoms with E-state index in [0.717, 1.165) is 29.0 Å². The van der Waals surface area contributed by atoms with Gasteiger partial charge in [-0.05, 0) is 57.5 Å². The smallest absolute Gasteiger partial charge is 0.334 e. The molecular weight excluding hydrogens is 542 g/mol. The molecule has 42 heavy (non-hydrogen) atoms. The molecule has 3 heterocycles. The summed E-state index contributed by atoms with van der Waals surface area (Å²) in [6.45, 7) is 4.08. The fourth-order valence-corrected chi connectivity index (χ4v) is 7.29. The number of imidazole rings is 1. The molecule has 0 radical (unpaired) electrons. The lowest BCUT2D eigenvalue weighted by Gasteiger charge is -2.61. The van der Waals surface area contributed by atoms with Crippen LogP contribution in [0.25, 0.3) is 0 Å². The molecule has 1 aromatic heterocycles. The van der Waals surface area contributed by atoms with E-state index in [2.05, 4.69) is 31.6 Å². The number of H-pyrrole nitrogens is 1. The van der Waals surface area contributed by atoms with Gasteiger partial charge in [-0.15, -0.1) is 0 Å². The van der Waals surface area contributed by atoms with Crippen molar-refractivity contribution in [1.82, 2.24) is 25.5 Å². The Morgan fingerprint density at radius 2 is 2.14 bits per heavy atom. The Bertz CT molecular complexity index is 1440. The van der Waals surface area contributed by atoms with E-state index in [1.165, 1.54) is 13.3 Å². The van der Waals surface area contributed by atoms with Gasteiger partial charge in [-0.3, -0.25) is 9.59 Å². The molecule has 2 aliphatic heterocycles. The second-order valence-corrected chi connectivity index (χ2v) is 11.9. The van der Waals surface area contributed by atoms with Gasteiger partial charge in [-0.25, -0.2) is 9.78 Å². The number of aryl methyl sites for hydroxylation is 1. The lowest BCUT2D eigenvalue weighted by Crippen LogP contribution is -2.74. The predicted molar refractivity (Wildman–Crippen MR) is 149 cm³/mol. The van der Waals surface area contributed by atoms with E-state index in [1.807, 2.05) is 20.0 Å². The molecule has 2 bridgehead atoms. The van der Waals surface area contributed by atoms with Gasteiger partial charge in [0, 0.05) is 43.6 Å². The molecule has 1 fully saturated rings. The van der Waals surface area contributed by atoms with E-state index in [9.17, 15) is 24.6 Å². The van der Waals surface area contributed by atoms with Crippen LogP contribution >= 0.6 is 0 Å². The van der Waals surface area contributed by atoms with Crippen LogP contribution in [0.1, 0.15) is 48.6 Å². The zero-order valence-electron chi connectivity index (χ0n) is 24.0. The third-order valence-electron chi connectivity index (χ3n) is 9.41. The molecular formula is C30H37N5O7. The van der Waals surface area contributed by atoms with Gasteiger partial charge < -0.3 is 40.2 Å². The topological polar surface area (TPSA) is 166 Å². The van der Waals surface area contributed by atoms with Crippen LogP contribution in [0.4, 0.5) is 0 Å². The molecule has 2 amide bonds. The predicted octanol–water partition coefficient (Wildman–Crippen LogP) is 0.154. The Morgan fingerprint density at radius 1 is 1.33 bits per heavy atom. The summed E-state index contributed by atoms with van der Waals surface area (Å²) < 4.78 is 12.6. The largest absolute Gasteiger partial charge is 0.481 e. The number of amides is 2. The van der Waals surface area contributed by atoms with Crippen LogP contribution in [0.15, 0.2) is 36.5 Å². The molecule has 0 saturated carbocycles. The van der Waals surface area contributed by atoms with Crippen molar-refractivity contribution < 1.29 is 34.1 Å². The number of aliphatic hydroxyl groups excluding tert-OH is 1. The van der Waals surface area contributed by atoms with Crippen molar-refractivity contribution in [2.24, 2.45) is 0 Å². The molecule has 224 valence electrons. The number of rotatable bonds is 9. The van der Waals surface area contributed by atoms with Crippen LogP contribution in [0.3, 0.4) is 0 Å². The van der Waals surface area contributed by atoms with Gasteiger partial charge in [0.05, 0.1) is 23.0 Å². The van der Waals surface area contributed by atoms with Crippen LogP contribution in [0.5, 0.6) is 5.75 Å². The highest BCUT2D eigenvalue weighted by Gasteiger charge is 2.71. The highest BCUT2D eigenvalue weighted by Crippen LogP contribution is 2.64. The molecule has 12 nitrogen and oxygen atoms in total. The van der Waals surface area contributed by atoms with E-state index in [4.69, 9.17) is 9.47 Å². The molecule has 1 spiro atoms. The van der Waals surface area contributed by atoms with Gasteiger partial charge in [-0.2, -0.15) is 0 Å². The van der Waals surface area contributed by atoms with Gasteiger partial charge in [0.25, 0.3) is 0 Å². The Kier molecular flexibility index (Phi) is 7.11. The minimum atomic E-state index is -1.19. The number of hydrogen-bond donors (Lipinski definition) is 5. The third kappa shape index (κ3) is 4.40. The van der Waals surface area contributed by atoms with E-state index in [-0.39, 0.29) is 25.4 Å². The molecule has 2 aliphatic carbocycles. The van der Waals surface area contributed by atoms with Crippen LogP contribution in [0, 0.1) is 6.92 Å². The molecule has 6 rings (SSSR count). The van der Waals surface area contributed by atoms with Crippen molar-refractivity contribution in [2.75, 3.05) is 20.1 Å². The fraction of sp³-hybridized carbons (Fsp3) is 0.533. The Labute approximate surface area is 243 Å². The summed E-state index contributed by atoms with van der Waals surface area (Å²) in [5.74, 6) is -0.651. The summed E-state index contributed by atoms with van der Waals surface area (Å²) in [7, 11) is 2.04. The lowest BCUT2D eigenvalue weighted by atomic mass is 9.50. The second-order valence-electron chi connectivity index (χ2n) is 11.9. The number of hydrogen-bond acceptors (Lipinski definition) is 9. The van der Waals surface area contributed by atoms with Crippen molar-refractivity contribution in [3.8, 4) is 5.75 Å². The number of ether oxygens (including phenoxy) is 2. The van der Waals surface area contributed by atoms with Crippen LogP contribution in [0.2, 0.25) is 0 Å². The van der Waals surface area contributed by atoms with Crippen LogP contribution < -0.4 is 15.4 Å². The quantitative estimate of drug-likeness (QED) is 0.260. The highest BCUT2D eigenvalue weighted by atomic mass is 16.6. The monoisotopic (exact) mass is 579 g/mol. The van der Waals surface area contributed by atoms with Crippen molar-refractivity contribution in [3.05, 3.63) is 58.9 Å². The molecule has 5 N–H and O–H groups in total. The van der Waals surface area contributed by atoms with Gasteiger partial charge in [0.15, 0.2) is 6.10 Å². The maximum atomic E-state index is 13.7. The number of nitrogens with zero attached hydrogens (tertiary/aromatic N) is 2. The van der Waals surface area contributed by atoms with Crippen molar-refractivity contribution in [2.45, 2.75) is 81.3 Å². The zero-order valence-corrected chi connectivity index (χ0v) is 24.0. The number of benzene rings is 1. The summed E-state index contributed by atoms with van der Waals surface area (Å²) in [6, 6.07) is 2.99. The van der Waals surface area contributed by atoms with E-state index >= 15 is 0 Å². The number of esters is 1. The van der Waals surface area contributed by atoms with Gasteiger partial charge in [0.1, 0.15) is 23.7 Å². The number of carbonyl (C=O) groups is 3. The fourth-order valence-electron chi connectivity index (χ4n) is 7.29. The van der Waals surface area contributed by atoms with Crippen molar-refractivity contribution in [3.63, 3.8) is 0 Å². The summed E-state index contributed by atoms with van der Waals surface area (Å²) >= 11 is 0. The summed E-state index contributed by atoms with van der Waals surface area (Å²) in [5.41, 5.74) is 1.85. The summed E-state index contributed by atoms with van der Waals surface area (Å²) in [5, 5.41) is 26.9. The zero-order chi connectivity index (χ0) is 29.8. The Hall–Kier alpha value is -3.74.